The highest BCUT2D eigenvalue weighted by Gasteiger charge is 2.32. The van der Waals surface area contributed by atoms with Crippen LogP contribution in [0.25, 0.3) is 6.08 Å². The predicted octanol–water partition coefficient (Wildman–Crippen LogP) is 5.07. The van der Waals surface area contributed by atoms with E-state index in [9.17, 15) is 9.59 Å². The Morgan fingerprint density at radius 3 is 2.42 bits per heavy atom. The lowest BCUT2D eigenvalue weighted by atomic mass is 10.1. The zero-order chi connectivity index (χ0) is 27.1. The molecule has 1 aliphatic rings. The maximum absolute atomic E-state index is 13.1. The van der Waals surface area contributed by atoms with E-state index in [1.54, 1.807) is 48.5 Å². The Bertz CT molecular complexity index is 1370. The van der Waals surface area contributed by atoms with E-state index in [1.807, 2.05) is 45.0 Å². The van der Waals surface area contributed by atoms with E-state index in [0.29, 0.717) is 41.7 Å². The van der Waals surface area contributed by atoms with E-state index in [1.165, 1.54) is 4.90 Å². The molecule has 0 saturated carbocycles. The molecule has 1 heterocycles. The molecule has 8 nitrogen and oxygen atoms in total. The zero-order valence-corrected chi connectivity index (χ0v) is 22.3. The number of hydrogen-bond donors (Lipinski definition) is 2. The van der Waals surface area contributed by atoms with Crippen LogP contribution in [0.15, 0.2) is 72.4 Å². The molecule has 1 fully saturated rings. The molecule has 1 saturated heterocycles. The number of rotatable bonds is 10. The van der Waals surface area contributed by atoms with E-state index in [4.69, 9.17) is 26.4 Å². The maximum Gasteiger partial charge on any atom is 0.281 e. The molecule has 0 atom stereocenters. The van der Waals surface area contributed by atoms with Gasteiger partial charge in [-0.15, -0.1) is 0 Å². The van der Waals surface area contributed by atoms with Crippen molar-refractivity contribution >= 4 is 46.6 Å². The molecule has 9 heteroatoms. The first-order valence-electron chi connectivity index (χ1n) is 12.2. The molecule has 2 amide bonds. The molecule has 196 valence electrons. The largest absolute Gasteiger partial charge is 0.494 e. The molecule has 0 aliphatic carbocycles. The van der Waals surface area contributed by atoms with Gasteiger partial charge >= 0.3 is 0 Å². The molecule has 0 unspecified atom stereocenters. The number of nitrogens with zero attached hydrogens (tertiary/aromatic N) is 1. The highest BCUT2D eigenvalue weighted by Crippen LogP contribution is 2.31. The molecule has 0 spiro atoms. The summed E-state index contributed by atoms with van der Waals surface area (Å²) in [6, 6.07) is 19.9. The third kappa shape index (κ3) is 6.30. The summed E-state index contributed by atoms with van der Waals surface area (Å²) in [5.74, 6) is 1.05. The van der Waals surface area contributed by atoms with Gasteiger partial charge in [0.25, 0.3) is 11.8 Å². The van der Waals surface area contributed by atoms with Gasteiger partial charge in [0.2, 0.25) is 0 Å². The predicted molar refractivity (Wildman–Crippen MR) is 152 cm³/mol. The number of nitrogens with one attached hydrogen (secondary N) is 2. The van der Waals surface area contributed by atoms with E-state index >= 15 is 0 Å². The molecule has 3 aromatic carbocycles. The first-order valence-corrected chi connectivity index (χ1v) is 12.7. The SMILES string of the molecule is CCOc1ccc(N2C(=O)/C(=C\c3ccc(OCC(=O)Nc4ccccc4C)c(OCC)c3)NC2=S)cc1. The molecule has 3 aromatic rings. The smallest absolute Gasteiger partial charge is 0.281 e. The Morgan fingerprint density at radius 2 is 1.71 bits per heavy atom. The van der Waals surface area contributed by atoms with Crippen molar-refractivity contribution in [2.24, 2.45) is 0 Å². The average molecular weight is 532 g/mol. The quantitative estimate of drug-likeness (QED) is 0.279. The second-order valence-electron chi connectivity index (χ2n) is 8.35. The summed E-state index contributed by atoms with van der Waals surface area (Å²) < 4.78 is 17.0. The van der Waals surface area contributed by atoms with Gasteiger partial charge < -0.3 is 24.8 Å². The summed E-state index contributed by atoms with van der Waals surface area (Å²) in [4.78, 5) is 27.0. The maximum atomic E-state index is 13.1. The fourth-order valence-electron chi connectivity index (χ4n) is 3.84. The fraction of sp³-hybridized carbons (Fsp3) is 0.207. The van der Waals surface area contributed by atoms with Gasteiger partial charge in [0.1, 0.15) is 11.4 Å². The summed E-state index contributed by atoms with van der Waals surface area (Å²) in [5, 5.41) is 6.12. The van der Waals surface area contributed by atoms with Crippen molar-refractivity contribution in [3.8, 4) is 17.2 Å². The Kier molecular flexibility index (Phi) is 8.60. The van der Waals surface area contributed by atoms with E-state index < -0.39 is 0 Å². The number of carbonyl (C=O) groups excluding carboxylic acids is 2. The normalized spacial score (nSPS) is 13.9. The Morgan fingerprint density at radius 1 is 0.974 bits per heavy atom. The van der Waals surface area contributed by atoms with Crippen LogP contribution in [-0.2, 0) is 9.59 Å². The minimum Gasteiger partial charge on any atom is -0.494 e. The number of para-hydroxylation sites is 1. The van der Waals surface area contributed by atoms with Crippen molar-refractivity contribution in [1.29, 1.82) is 0 Å². The summed E-state index contributed by atoms with van der Waals surface area (Å²) in [6.07, 6.45) is 1.69. The lowest BCUT2D eigenvalue weighted by Gasteiger charge is -2.14. The van der Waals surface area contributed by atoms with E-state index in [-0.39, 0.29) is 23.5 Å². The van der Waals surface area contributed by atoms with Crippen LogP contribution in [0.5, 0.6) is 17.2 Å². The minimum atomic E-state index is -0.281. The molecule has 4 rings (SSSR count). The highest BCUT2D eigenvalue weighted by atomic mass is 32.1. The molecular formula is C29H29N3O5S. The fourth-order valence-corrected chi connectivity index (χ4v) is 4.14. The lowest BCUT2D eigenvalue weighted by molar-refractivity contribution is -0.118. The highest BCUT2D eigenvalue weighted by molar-refractivity contribution is 7.80. The Labute approximate surface area is 227 Å². The van der Waals surface area contributed by atoms with Gasteiger partial charge in [-0.2, -0.15) is 0 Å². The zero-order valence-electron chi connectivity index (χ0n) is 21.4. The first kappa shape index (κ1) is 26.7. The molecule has 1 aliphatic heterocycles. The van der Waals surface area contributed by atoms with Gasteiger partial charge in [0, 0.05) is 5.69 Å². The molecular weight excluding hydrogens is 502 g/mol. The Balaban J connectivity index is 1.46. The number of amides is 2. The topological polar surface area (TPSA) is 89.1 Å². The van der Waals surface area contributed by atoms with Gasteiger partial charge in [0.05, 0.1) is 18.9 Å². The third-order valence-electron chi connectivity index (χ3n) is 5.64. The van der Waals surface area contributed by atoms with Crippen molar-refractivity contribution < 1.29 is 23.8 Å². The third-order valence-corrected chi connectivity index (χ3v) is 5.93. The summed E-state index contributed by atoms with van der Waals surface area (Å²) in [7, 11) is 0. The minimum absolute atomic E-state index is 0.180. The van der Waals surface area contributed by atoms with Gasteiger partial charge in [-0.05, 0) is 92.7 Å². The van der Waals surface area contributed by atoms with Crippen LogP contribution in [0.3, 0.4) is 0 Å². The van der Waals surface area contributed by atoms with Crippen LogP contribution in [0, 0.1) is 6.92 Å². The van der Waals surface area contributed by atoms with Crippen molar-refractivity contribution in [3.63, 3.8) is 0 Å². The van der Waals surface area contributed by atoms with Gasteiger partial charge in [-0.3, -0.25) is 14.5 Å². The van der Waals surface area contributed by atoms with Crippen LogP contribution >= 0.6 is 12.2 Å². The van der Waals surface area contributed by atoms with Crippen molar-refractivity contribution in [3.05, 3.63) is 83.6 Å². The van der Waals surface area contributed by atoms with Crippen molar-refractivity contribution in [1.82, 2.24) is 5.32 Å². The number of ether oxygens (including phenoxy) is 3. The Hall–Kier alpha value is -4.37. The molecule has 0 bridgehead atoms. The summed E-state index contributed by atoms with van der Waals surface area (Å²) in [5.41, 5.74) is 3.37. The number of hydrogen-bond acceptors (Lipinski definition) is 6. The first-order chi connectivity index (χ1) is 18.4. The van der Waals surface area contributed by atoms with E-state index in [0.717, 1.165) is 17.0 Å². The van der Waals surface area contributed by atoms with Crippen LogP contribution in [0.1, 0.15) is 25.0 Å². The molecule has 0 radical (unpaired) electrons. The van der Waals surface area contributed by atoms with Crippen LogP contribution in [-0.4, -0.2) is 36.7 Å². The van der Waals surface area contributed by atoms with Gasteiger partial charge in [0.15, 0.2) is 23.2 Å². The van der Waals surface area contributed by atoms with E-state index in [2.05, 4.69) is 10.6 Å². The van der Waals surface area contributed by atoms with Gasteiger partial charge in [-0.25, -0.2) is 0 Å². The number of anilines is 2. The average Bonchev–Trinajstić information content (AvgIpc) is 3.18. The number of aryl methyl sites for hydroxylation is 1. The van der Waals surface area contributed by atoms with Crippen LogP contribution in [0.4, 0.5) is 11.4 Å². The summed E-state index contributed by atoms with van der Waals surface area (Å²) >= 11 is 5.42. The number of carbonyl (C=O) groups is 2. The monoisotopic (exact) mass is 531 g/mol. The standard InChI is InChI=1S/C29H29N3O5S/c1-4-35-22-13-11-21(12-14-22)32-28(34)24(31-29(32)38)16-20-10-15-25(26(17-20)36-5-2)37-18-27(33)30-23-9-7-6-8-19(23)3/h6-17H,4-5,18H2,1-3H3,(H,30,33)(H,31,38)/b24-16+. The molecule has 0 aromatic heterocycles. The van der Waals surface area contributed by atoms with Crippen molar-refractivity contribution in [2.75, 3.05) is 30.0 Å². The second-order valence-corrected chi connectivity index (χ2v) is 8.73. The second kappa shape index (κ2) is 12.2. The number of thiocarbonyl (C=S) groups is 1. The van der Waals surface area contributed by atoms with Gasteiger partial charge in [-0.1, -0.05) is 24.3 Å². The van der Waals surface area contributed by atoms with Crippen LogP contribution in [0.2, 0.25) is 0 Å². The lowest BCUT2D eigenvalue weighted by Crippen LogP contribution is -2.30. The molecule has 38 heavy (non-hydrogen) atoms. The van der Waals surface area contributed by atoms with Crippen molar-refractivity contribution in [2.45, 2.75) is 20.8 Å². The number of benzene rings is 3. The molecule has 2 N–H and O–H groups in total. The van der Waals surface area contributed by atoms with Crippen LogP contribution < -0.4 is 29.7 Å². The summed E-state index contributed by atoms with van der Waals surface area (Å²) in [6.45, 7) is 6.47.